The number of carbonyl (C=O) groups is 3. The van der Waals surface area contributed by atoms with Crippen molar-refractivity contribution in [2.75, 3.05) is 4.90 Å². The number of rotatable bonds is 7. The third kappa shape index (κ3) is 6.16. The Hall–Kier alpha value is -3.79. The molecule has 3 rings (SSSR count). The van der Waals surface area contributed by atoms with Crippen LogP contribution in [0, 0.1) is 0 Å². The predicted molar refractivity (Wildman–Crippen MR) is 122 cm³/mol. The number of hydrogen-bond acceptors (Lipinski definition) is 6. The molecule has 3 aromatic rings. The summed E-state index contributed by atoms with van der Waals surface area (Å²) in [5, 5.41) is 1.70. The van der Waals surface area contributed by atoms with E-state index in [1.54, 1.807) is 24.4 Å². The maximum atomic E-state index is 13.1. The summed E-state index contributed by atoms with van der Waals surface area (Å²) in [7, 11) is 0. The molecular formula is C24H19F3N2O4S. The Morgan fingerprint density at radius 2 is 1.82 bits per heavy atom. The highest BCUT2D eigenvalue weighted by atomic mass is 32.1. The van der Waals surface area contributed by atoms with E-state index >= 15 is 0 Å². The highest BCUT2D eigenvalue weighted by Crippen LogP contribution is 2.35. The fourth-order valence-electron chi connectivity index (χ4n) is 2.92. The molecule has 0 saturated heterocycles. The van der Waals surface area contributed by atoms with E-state index in [1.165, 1.54) is 37.3 Å². The summed E-state index contributed by atoms with van der Waals surface area (Å²) in [5.41, 5.74) is -0.0258. The van der Waals surface area contributed by atoms with Crippen LogP contribution in [0.3, 0.4) is 0 Å². The van der Waals surface area contributed by atoms with Crippen LogP contribution in [0.5, 0.6) is 5.75 Å². The Balaban J connectivity index is 1.72. The number of ketones is 1. The summed E-state index contributed by atoms with van der Waals surface area (Å²) < 4.78 is 44.4. The molecule has 0 unspecified atom stereocenters. The van der Waals surface area contributed by atoms with Gasteiger partial charge in [0, 0.05) is 30.4 Å². The van der Waals surface area contributed by atoms with Gasteiger partial charge in [-0.2, -0.15) is 13.2 Å². The SMILES string of the molecule is CCC(=O)c1ccc(OC(=O)/C=C/c2csc(N(C(C)=O)c3cccc(C(F)(F)F)c3)n2)cc1. The third-order valence-electron chi connectivity index (χ3n) is 4.55. The number of esters is 1. The van der Waals surface area contributed by atoms with E-state index in [0.29, 0.717) is 17.7 Å². The molecule has 0 aliphatic rings. The van der Waals surface area contributed by atoms with Gasteiger partial charge >= 0.3 is 12.1 Å². The predicted octanol–water partition coefficient (Wildman–Crippen LogP) is 6.06. The number of benzene rings is 2. The van der Waals surface area contributed by atoms with Gasteiger partial charge in [0.05, 0.1) is 16.9 Å². The van der Waals surface area contributed by atoms with Gasteiger partial charge in [0.25, 0.3) is 0 Å². The largest absolute Gasteiger partial charge is 0.423 e. The van der Waals surface area contributed by atoms with Crippen LogP contribution in [-0.2, 0) is 15.8 Å². The van der Waals surface area contributed by atoms with Gasteiger partial charge in [-0.15, -0.1) is 11.3 Å². The van der Waals surface area contributed by atoms with Crippen molar-refractivity contribution < 1.29 is 32.3 Å². The van der Waals surface area contributed by atoms with Gasteiger partial charge < -0.3 is 4.74 Å². The first-order valence-corrected chi connectivity index (χ1v) is 10.9. The minimum absolute atomic E-state index is 0.0246. The van der Waals surface area contributed by atoms with E-state index in [0.717, 1.165) is 34.4 Å². The number of alkyl halides is 3. The van der Waals surface area contributed by atoms with Gasteiger partial charge in [-0.3, -0.25) is 14.5 Å². The Kier molecular flexibility index (Phi) is 7.62. The van der Waals surface area contributed by atoms with E-state index < -0.39 is 23.6 Å². The lowest BCUT2D eigenvalue weighted by Gasteiger charge is -2.19. The first-order valence-electron chi connectivity index (χ1n) is 10.0. The van der Waals surface area contributed by atoms with Gasteiger partial charge in [-0.25, -0.2) is 9.78 Å². The second-order valence-corrected chi connectivity index (χ2v) is 7.85. The minimum atomic E-state index is -4.55. The maximum Gasteiger partial charge on any atom is 0.416 e. The third-order valence-corrected chi connectivity index (χ3v) is 5.40. The molecule has 10 heteroatoms. The van der Waals surface area contributed by atoms with Crippen molar-refractivity contribution in [1.82, 2.24) is 4.98 Å². The molecule has 0 saturated carbocycles. The molecule has 176 valence electrons. The van der Waals surface area contributed by atoms with Crippen molar-refractivity contribution in [2.24, 2.45) is 0 Å². The molecule has 0 N–H and O–H groups in total. The Labute approximate surface area is 197 Å². The zero-order valence-corrected chi connectivity index (χ0v) is 18.9. The number of nitrogens with zero attached hydrogens (tertiary/aromatic N) is 2. The number of anilines is 2. The van der Waals surface area contributed by atoms with Gasteiger partial charge in [-0.05, 0) is 48.5 Å². The van der Waals surface area contributed by atoms with Crippen molar-refractivity contribution >= 4 is 45.9 Å². The summed E-state index contributed by atoms with van der Waals surface area (Å²) in [4.78, 5) is 41.2. The molecule has 0 radical (unpaired) electrons. The summed E-state index contributed by atoms with van der Waals surface area (Å²) in [6, 6.07) is 10.5. The summed E-state index contributed by atoms with van der Waals surface area (Å²) >= 11 is 1.03. The van der Waals surface area contributed by atoms with Crippen molar-refractivity contribution in [3.05, 3.63) is 76.8 Å². The number of Topliss-reactive ketones (excluding diaryl/α,β-unsaturated/α-hetero) is 1. The van der Waals surface area contributed by atoms with Crippen LogP contribution in [0.25, 0.3) is 6.08 Å². The number of ether oxygens (including phenoxy) is 1. The van der Waals surface area contributed by atoms with E-state index in [-0.39, 0.29) is 22.4 Å². The fourth-order valence-corrected chi connectivity index (χ4v) is 3.78. The summed E-state index contributed by atoms with van der Waals surface area (Å²) in [5.74, 6) is -0.977. The van der Waals surface area contributed by atoms with Crippen molar-refractivity contribution in [3.63, 3.8) is 0 Å². The first-order chi connectivity index (χ1) is 16.1. The van der Waals surface area contributed by atoms with Crippen LogP contribution >= 0.6 is 11.3 Å². The van der Waals surface area contributed by atoms with Crippen LogP contribution in [0.4, 0.5) is 24.0 Å². The van der Waals surface area contributed by atoms with Gasteiger partial charge in [-0.1, -0.05) is 13.0 Å². The second-order valence-electron chi connectivity index (χ2n) is 7.01. The van der Waals surface area contributed by atoms with Crippen LogP contribution in [0.1, 0.15) is 41.9 Å². The molecule has 0 atom stereocenters. The molecule has 1 amide bonds. The molecule has 0 spiro atoms. The lowest BCUT2D eigenvalue weighted by Crippen LogP contribution is -2.23. The molecule has 2 aromatic carbocycles. The topological polar surface area (TPSA) is 76.6 Å². The smallest absolute Gasteiger partial charge is 0.416 e. The van der Waals surface area contributed by atoms with Gasteiger partial charge in [0.15, 0.2) is 10.9 Å². The quantitative estimate of drug-likeness (QED) is 0.175. The molecule has 0 fully saturated rings. The Morgan fingerprint density at radius 1 is 1.12 bits per heavy atom. The highest BCUT2D eigenvalue weighted by molar-refractivity contribution is 7.14. The van der Waals surface area contributed by atoms with Gasteiger partial charge in [0.1, 0.15) is 5.75 Å². The molecule has 1 aromatic heterocycles. The molecule has 34 heavy (non-hydrogen) atoms. The average Bonchev–Trinajstić information content (AvgIpc) is 3.25. The van der Waals surface area contributed by atoms with E-state index in [2.05, 4.69) is 4.98 Å². The molecule has 0 aliphatic carbocycles. The average molecular weight is 488 g/mol. The van der Waals surface area contributed by atoms with E-state index in [9.17, 15) is 27.6 Å². The zero-order valence-electron chi connectivity index (χ0n) is 18.1. The molecular weight excluding hydrogens is 469 g/mol. The van der Waals surface area contributed by atoms with Crippen molar-refractivity contribution in [2.45, 2.75) is 26.4 Å². The van der Waals surface area contributed by atoms with Crippen LogP contribution < -0.4 is 9.64 Å². The normalized spacial score (nSPS) is 11.4. The monoisotopic (exact) mass is 488 g/mol. The first kappa shape index (κ1) is 24.8. The Morgan fingerprint density at radius 3 is 2.44 bits per heavy atom. The standard InChI is InChI=1S/C24H19F3N2O4S/c1-3-21(31)16-7-10-20(11-8-16)33-22(32)12-9-18-14-34-23(28-18)29(15(2)30)19-6-4-5-17(13-19)24(25,26)27/h4-14H,3H2,1-2H3/b12-9+. The highest BCUT2D eigenvalue weighted by Gasteiger charge is 2.31. The number of thiazole rings is 1. The van der Waals surface area contributed by atoms with Crippen LogP contribution in [0.15, 0.2) is 60.0 Å². The number of carbonyl (C=O) groups excluding carboxylic acids is 3. The molecule has 0 bridgehead atoms. The van der Waals surface area contributed by atoms with E-state index in [1.807, 2.05) is 0 Å². The maximum absolute atomic E-state index is 13.1. The molecule has 1 heterocycles. The lowest BCUT2D eigenvalue weighted by molar-refractivity contribution is -0.137. The van der Waals surface area contributed by atoms with E-state index in [4.69, 9.17) is 4.74 Å². The lowest BCUT2D eigenvalue weighted by atomic mass is 10.1. The number of halogens is 3. The number of hydrogen-bond donors (Lipinski definition) is 0. The van der Waals surface area contributed by atoms with Gasteiger partial charge in [0.2, 0.25) is 5.91 Å². The molecule has 6 nitrogen and oxygen atoms in total. The Bertz CT molecular complexity index is 1230. The van der Waals surface area contributed by atoms with Crippen LogP contribution in [-0.4, -0.2) is 22.6 Å². The van der Waals surface area contributed by atoms with Crippen molar-refractivity contribution in [3.8, 4) is 5.75 Å². The second kappa shape index (κ2) is 10.4. The zero-order chi connectivity index (χ0) is 24.9. The molecule has 0 aliphatic heterocycles. The summed E-state index contributed by atoms with van der Waals surface area (Å²) in [6.45, 7) is 2.97. The van der Waals surface area contributed by atoms with Crippen molar-refractivity contribution in [1.29, 1.82) is 0 Å². The fraction of sp³-hybridized carbons (Fsp3) is 0.167. The minimum Gasteiger partial charge on any atom is -0.423 e. The number of amides is 1. The van der Waals surface area contributed by atoms with Crippen LogP contribution in [0.2, 0.25) is 0 Å². The summed E-state index contributed by atoms with van der Waals surface area (Å²) in [6.07, 6.45) is -1.69. The number of aromatic nitrogens is 1.